The summed E-state index contributed by atoms with van der Waals surface area (Å²) in [6.45, 7) is 6.55. The van der Waals surface area contributed by atoms with Gasteiger partial charge in [-0.1, -0.05) is 337 Å². The fourth-order valence-electron chi connectivity index (χ4n) is 10.5. The van der Waals surface area contributed by atoms with Crippen molar-refractivity contribution in [3.05, 3.63) is 85.1 Å². The average Bonchev–Trinajstić information content (AvgIpc) is 3.50. The molecule has 6 heteroatoms. The van der Waals surface area contributed by atoms with Crippen molar-refractivity contribution in [1.82, 2.24) is 0 Å². The van der Waals surface area contributed by atoms with E-state index in [0.717, 1.165) is 109 Å². The molecule has 0 saturated heterocycles. The Morgan fingerprint density at radius 3 is 0.759 bits per heavy atom. The van der Waals surface area contributed by atoms with E-state index >= 15 is 0 Å². The van der Waals surface area contributed by atoms with Crippen molar-refractivity contribution >= 4 is 17.9 Å². The number of allylic oxidation sites excluding steroid dienone is 14. The first kappa shape index (κ1) is 79.6. The molecule has 0 radical (unpaired) electrons. The lowest BCUT2D eigenvalue weighted by molar-refractivity contribution is -0.167. The van der Waals surface area contributed by atoms with Crippen molar-refractivity contribution in [2.45, 2.75) is 374 Å². The molecule has 0 aromatic carbocycles. The molecule has 0 N–H and O–H groups in total. The number of esters is 3. The van der Waals surface area contributed by atoms with Crippen molar-refractivity contribution in [3.63, 3.8) is 0 Å². The maximum Gasteiger partial charge on any atom is 0.306 e. The molecule has 0 rings (SSSR count). The van der Waals surface area contributed by atoms with E-state index in [-0.39, 0.29) is 31.1 Å². The lowest BCUT2D eigenvalue weighted by Gasteiger charge is -2.18. The fraction of sp³-hybridized carbons (Fsp3) is 0.779. The summed E-state index contributed by atoms with van der Waals surface area (Å²) in [6.07, 6.45) is 94.6. The lowest BCUT2D eigenvalue weighted by atomic mass is 10.0. The van der Waals surface area contributed by atoms with E-state index in [1.165, 1.54) is 218 Å². The van der Waals surface area contributed by atoms with Crippen LogP contribution in [-0.4, -0.2) is 37.2 Å². The van der Waals surface area contributed by atoms with Gasteiger partial charge in [0.05, 0.1) is 0 Å². The van der Waals surface area contributed by atoms with Crippen molar-refractivity contribution in [3.8, 4) is 0 Å². The lowest BCUT2D eigenvalue weighted by Crippen LogP contribution is -2.30. The van der Waals surface area contributed by atoms with Gasteiger partial charge < -0.3 is 14.2 Å². The van der Waals surface area contributed by atoms with Gasteiger partial charge in [-0.3, -0.25) is 14.4 Å². The summed E-state index contributed by atoms with van der Waals surface area (Å²) in [5.41, 5.74) is 0. The maximum absolute atomic E-state index is 13.0. The Labute approximate surface area is 515 Å². The molecule has 0 saturated carbocycles. The molecule has 6 nitrogen and oxygen atoms in total. The molecule has 0 fully saturated rings. The van der Waals surface area contributed by atoms with Gasteiger partial charge in [0, 0.05) is 19.3 Å². The van der Waals surface area contributed by atoms with Crippen LogP contribution in [0, 0.1) is 0 Å². The zero-order valence-corrected chi connectivity index (χ0v) is 55.2. The van der Waals surface area contributed by atoms with Crippen molar-refractivity contribution in [2.24, 2.45) is 0 Å². The van der Waals surface area contributed by atoms with Crippen LogP contribution in [0.3, 0.4) is 0 Å². The standard InChI is InChI=1S/C77H136O6/c1-4-7-10-13-16-19-22-25-28-31-34-35-36-37-38-39-40-41-44-46-49-52-55-58-61-64-67-70-76(79)82-73-74(83-77(80)71-68-65-62-59-56-53-50-47-43-33-30-27-24-21-18-15-12-9-6-3)72-81-75(78)69-66-63-60-57-54-51-48-45-42-32-29-26-23-20-17-14-11-8-5-2/h7,10,16,18-19,21,25,27-28,30,34-35,43,47,74H,4-6,8-9,11-15,17,20,22-24,26,29,31-33,36-42,44-46,48-73H2,1-3H3/b10-7-,19-16-,21-18-,28-25-,30-27-,35-34-,47-43-. The van der Waals surface area contributed by atoms with Gasteiger partial charge in [0.2, 0.25) is 0 Å². The molecule has 0 aromatic heterocycles. The van der Waals surface area contributed by atoms with Crippen LogP contribution in [-0.2, 0) is 28.6 Å². The van der Waals surface area contributed by atoms with Gasteiger partial charge in [-0.2, -0.15) is 0 Å². The molecule has 0 aliphatic heterocycles. The van der Waals surface area contributed by atoms with Crippen LogP contribution in [0.5, 0.6) is 0 Å². The third-order valence-electron chi connectivity index (χ3n) is 15.9. The van der Waals surface area contributed by atoms with Crippen LogP contribution in [0.4, 0.5) is 0 Å². The normalized spacial score (nSPS) is 12.6. The molecule has 480 valence electrons. The maximum atomic E-state index is 13.0. The fourth-order valence-corrected chi connectivity index (χ4v) is 10.5. The summed E-state index contributed by atoms with van der Waals surface area (Å²) in [7, 11) is 0. The third-order valence-corrected chi connectivity index (χ3v) is 15.9. The number of hydrogen-bond acceptors (Lipinski definition) is 6. The van der Waals surface area contributed by atoms with Gasteiger partial charge in [-0.05, 0) is 96.3 Å². The second-order valence-corrected chi connectivity index (χ2v) is 24.1. The molecule has 0 bridgehead atoms. The molecule has 0 aliphatic carbocycles. The molecule has 1 atom stereocenters. The van der Waals surface area contributed by atoms with E-state index < -0.39 is 6.10 Å². The summed E-state index contributed by atoms with van der Waals surface area (Å²) < 4.78 is 17.0. The second kappa shape index (κ2) is 71.1. The van der Waals surface area contributed by atoms with Crippen LogP contribution in [0.25, 0.3) is 0 Å². The Bertz CT molecular complexity index is 1570. The zero-order valence-electron chi connectivity index (χ0n) is 55.2. The van der Waals surface area contributed by atoms with E-state index in [9.17, 15) is 14.4 Å². The summed E-state index contributed by atoms with van der Waals surface area (Å²) in [5, 5.41) is 0. The first-order chi connectivity index (χ1) is 41.0. The zero-order chi connectivity index (χ0) is 59.9. The Kier molecular flexibility index (Phi) is 68.2. The smallest absolute Gasteiger partial charge is 0.306 e. The van der Waals surface area contributed by atoms with Crippen LogP contribution in [0.15, 0.2) is 85.1 Å². The van der Waals surface area contributed by atoms with Gasteiger partial charge in [0.25, 0.3) is 0 Å². The minimum atomic E-state index is -0.784. The van der Waals surface area contributed by atoms with Gasteiger partial charge in [-0.15, -0.1) is 0 Å². The van der Waals surface area contributed by atoms with Crippen LogP contribution >= 0.6 is 0 Å². The molecular weight excluding hydrogens is 1020 g/mol. The first-order valence-electron chi connectivity index (χ1n) is 36.1. The van der Waals surface area contributed by atoms with E-state index in [0.29, 0.717) is 19.3 Å². The quantitative estimate of drug-likeness (QED) is 0.0261. The van der Waals surface area contributed by atoms with E-state index in [1.54, 1.807) is 0 Å². The van der Waals surface area contributed by atoms with Crippen LogP contribution in [0.1, 0.15) is 367 Å². The highest BCUT2D eigenvalue weighted by molar-refractivity contribution is 5.71. The molecule has 83 heavy (non-hydrogen) atoms. The van der Waals surface area contributed by atoms with Gasteiger partial charge in [0.1, 0.15) is 13.2 Å². The molecule has 0 aliphatic rings. The number of carbonyl (C=O) groups is 3. The van der Waals surface area contributed by atoms with E-state index in [4.69, 9.17) is 14.2 Å². The molecule has 0 spiro atoms. The summed E-state index contributed by atoms with van der Waals surface area (Å²) in [6, 6.07) is 0. The molecule has 1 unspecified atom stereocenters. The molecular formula is C77H136O6. The van der Waals surface area contributed by atoms with E-state index in [2.05, 4.69) is 106 Å². The van der Waals surface area contributed by atoms with Crippen molar-refractivity contribution in [2.75, 3.05) is 13.2 Å². The monoisotopic (exact) mass is 1160 g/mol. The summed E-state index contributed by atoms with van der Waals surface area (Å²) in [5.74, 6) is -0.868. The van der Waals surface area contributed by atoms with E-state index in [1.807, 2.05) is 0 Å². The number of hydrogen-bond donors (Lipinski definition) is 0. The van der Waals surface area contributed by atoms with Crippen LogP contribution in [0.2, 0.25) is 0 Å². The van der Waals surface area contributed by atoms with Crippen molar-refractivity contribution in [1.29, 1.82) is 0 Å². The number of unbranched alkanes of at least 4 members (excludes halogenated alkanes) is 41. The summed E-state index contributed by atoms with van der Waals surface area (Å²) in [4.78, 5) is 38.5. The number of rotatable bonds is 66. The Hall–Kier alpha value is -3.41. The topological polar surface area (TPSA) is 78.9 Å². The second-order valence-electron chi connectivity index (χ2n) is 24.1. The predicted octanol–water partition coefficient (Wildman–Crippen LogP) is 25.0. The van der Waals surface area contributed by atoms with Crippen molar-refractivity contribution < 1.29 is 28.6 Å². The average molecular weight is 1160 g/mol. The number of ether oxygens (including phenoxy) is 3. The number of carbonyl (C=O) groups excluding carboxylic acids is 3. The molecule has 0 aromatic rings. The Morgan fingerprint density at radius 2 is 0.470 bits per heavy atom. The Morgan fingerprint density at radius 1 is 0.253 bits per heavy atom. The first-order valence-corrected chi connectivity index (χ1v) is 36.1. The minimum absolute atomic E-state index is 0.0774. The highest BCUT2D eigenvalue weighted by atomic mass is 16.6. The Balaban J connectivity index is 4.33. The highest BCUT2D eigenvalue weighted by Crippen LogP contribution is 2.18. The highest BCUT2D eigenvalue weighted by Gasteiger charge is 2.19. The van der Waals surface area contributed by atoms with Crippen LogP contribution < -0.4 is 0 Å². The predicted molar refractivity (Wildman–Crippen MR) is 362 cm³/mol. The van der Waals surface area contributed by atoms with Gasteiger partial charge >= 0.3 is 17.9 Å². The van der Waals surface area contributed by atoms with Gasteiger partial charge in [0.15, 0.2) is 6.10 Å². The SMILES string of the molecule is CC/C=C\C/C=C\C/C=C\C/C=C\CCCCCCCCCCCCCCCCC(=O)OCC(COC(=O)CCCCCCCCCCCCCCCCCCCCC)OC(=O)CCCCCCCC/C=C\C/C=C\C/C=C\CCCCC. The largest absolute Gasteiger partial charge is 0.462 e. The molecule has 0 amide bonds. The third kappa shape index (κ3) is 69.3. The minimum Gasteiger partial charge on any atom is -0.462 e. The van der Waals surface area contributed by atoms with Gasteiger partial charge in [-0.25, -0.2) is 0 Å². The molecule has 0 heterocycles. The summed E-state index contributed by atoms with van der Waals surface area (Å²) >= 11 is 0.